The Morgan fingerprint density at radius 2 is 0.617 bits per heavy atom. The predicted molar refractivity (Wildman–Crippen MR) is 325 cm³/mol. The number of hydrogen-bond donors (Lipinski definition) is 0. The first kappa shape index (κ1) is 45.1. The van der Waals surface area contributed by atoms with Gasteiger partial charge in [-0.1, -0.05) is 237 Å². The molecule has 8 heteroatoms. The Kier molecular flexibility index (Phi) is 9.76. The van der Waals surface area contributed by atoms with Gasteiger partial charge in [-0.15, -0.1) is 0 Å². The highest BCUT2D eigenvalue weighted by molar-refractivity contribution is 6.23. The van der Waals surface area contributed by atoms with Crippen LogP contribution in [0.1, 0.15) is 22.3 Å². The Morgan fingerprint density at radius 1 is 0.247 bits per heavy atom. The van der Waals surface area contributed by atoms with Crippen molar-refractivity contribution in [1.29, 1.82) is 0 Å². The number of benzene rings is 11. The van der Waals surface area contributed by atoms with Gasteiger partial charge in [-0.3, -0.25) is 4.57 Å². The largest absolute Gasteiger partial charge is 0.307 e. The van der Waals surface area contributed by atoms with E-state index >= 15 is 0 Å². The van der Waals surface area contributed by atoms with Gasteiger partial charge in [0.25, 0.3) is 0 Å². The fourth-order valence-electron chi connectivity index (χ4n) is 13.2. The molecule has 0 amide bonds. The van der Waals surface area contributed by atoms with Crippen molar-refractivity contribution in [1.82, 2.24) is 39.0 Å². The standard InChI is InChI=1S/C73H44N8/c1-5-21-45(22-6-1)67-74-68(46-23-7-2-8-24-46)76-71(75-67)49-37-39-53-51-29-13-17-33-59(51)73(61(53)43-49)60-34-18-14-30-52(60)54-40-38-50(44-62(54)73)80-63-35-19-15-31-55(63)57-41-42-58-56-32-16-20-36-64(56)81(66(58)65(57)80)72-78-69(47-25-9-3-10-26-47)77-70(79-72)48-27-11-4-12-28-48/h1-44H. The monoisotopic (exact) mass is 1030 g/mol. The normalized spacial score (nSPS) is 14.0. The van der Waals surface area contributed by atoms with Gasteiger partial charge in [0.1, 0.15) is 0 Å². The van der Waals surface area contributed by atoms with E-state index in [9.17, 15) is 0 Å². The van der Waals surface area contributed by atoms with E-state index in [0.717, 1.165) is 77.1 Å². The van der Waals surface area contributed by atoms with Gasteiger partial charge in [0.15, 0.2) is 29.1 Å². The molecule has 0 bridgehead atoms. The summed E-state index contributed by atoms with van der Waals surface area (Å²) in [7, 11) is 0. The van der Waals surface area contributed by atoms with Gasteiger partial charge in [0.2, 0.25) is 5.95 Å². The summed E-state index contributed by atoms with van der Waals surface area (Å²) in [6.07, 6.45) is 0. The predicted octanol–water partition coefficient (Wildman–Crippen LogP) is 16.9. The molecule has 0 N–H and O–H groups in total. The average Bonchev–Trinajstić information content (AvgIpc) is 3.61. The molecule has 1 atom stereocenters. The fraction of sp³-hybridized carbons (Fsp3) is 0.0137. The molecule has 0 saturated heterocycles. The van der Waals surface area contributed by atoms with E-state index in [1.807, 2.05) is 72.8 Å². The number of hydrogen-bond acceptors (Lipinski definition) is 6. The van der Waals surface area contributed by atoms with Crippen LogP contribution in [0.15, 0.2) is 267 Å². The first-order chi connectivity index (χ1) is 40.2. The number of aromatic nitrogens is 8. The molecule has 17 rings (SSSR count). The van der Waals surface area contributed by atoms with E-state index in [-0.39, 0.29) is 0 Å². The maximum absolute atomic E-state index is 5.38. The van der Waals surface area contributed by atoms with E-state index in [0.29, 0.717) is 35.1 Å². The quantitative estimate of drug-likeness (QED) is 0.158. The second-order valence-corrected chi connectivity index (χ2v) is 20.9. The van der Waals surface area contributed by atoms with Crippen molar-refractivity contribution in [2.75, 3.05) is 0 Å². The SMILES string of the molecule is c1ccc(-c2nc(-c3ccccc3)nc(-c3ccc4c(c3)C3(c5ccccc5-4)c4ccccc4-c4ccc(-n5c6ccccc6c6ccc7c8ccccc8n(-c8nc(-c9ccccc9)nc(-c9ccccc9)n8)c7c65)cc43)n2)cc1. The van der Waals surface area contributed by atoms with Crippen LogP contribution in [-0.2, 0) is 5.41 Å². The zero-order chi connectivity index (χ0) is 53.2. The van der Waals surface area contributed by atoms with Crippen LogP contribution in [-0.4, -0.2) is 39.0 Å². The highest BCUT2D eigenvalue weighted by atomic mass is 15.2. The van der Waals surface area contributed by atoms with Crippen molar-refractivity contribution in [2.45, 2.75) is 5.41 Å². The molecule has 8 nitrogen and oxygen atoms in total. The molecule has 0 fully saturated rings. The van der Waals surface area contributed by atoms with E-state index in [4.69, 9.17) is 29.9 Å². The molecule has 2 aliphatic carbocycles. The smallest absolute Gasteiger partial charge is 0.238 e. The van der Waals surface area contributed by atoms with Gasteiger partial charge >= 0.3 is 0 Å². The first-order valence-corrected chi connectivity index (χ1v) is 27.4. The molecule has 4 heterocycles. The Balaban J connectivity index is 0.938. The van der Waals surface area contributed by atoms with Crippen molar-refractivity contribution in [3.05, 3.63) is 289 Å². The molecule has 0 radical (unpaired) electrons. The van der Waals surface area contributed by atoms with Crippen molar-refractivity contribution in [2.24, 2.45) is 0 Å². The minimum absolute atomic E-state index is 0.543. The summed E-state index contributed by atoms with van der Waals surface area (Å²) in [4.78, 5) is 31.5. The van der Waals surface area contributed by atoms with Gasteiger partial charge < -0.3 is 4.57 Å². The lowest BCUT2D eigenvalue weighted by Gasteiger charge is -2.31. The maximum atomic E-state index is 5.38. The second kappa shape index (κ2) is 17.5. The summed E-state index contributed by atoms with van der Waals surface area (Å²) in [6, 6.07) is 94.8. The first-order valence-electron chi connectivity index (χ1n) is 27.4. The number of para-hydroxylation sites is 2. The van der Waals surface area contributed by atoms with E-state index in [1.54, 1.807) is 0 Å². The fourth-order valence-corrected chi connectivity index (χ4v) is 13.2. The summed E-state index contributed by atoms with van der Waals surface area (Å²) >= 11 is 0. The molecule has 4 aromatic heterocycles. The minimum Gasteiger partial charge on any atom is -0.307 e. The van der Waals surface area contributed by atoms with Gasteiger partial charge in [-0.05, 0) is 74.8 Å². The molecule has 376 valence electrons. The molecule has 0 aliphatic heterocycles. The Morgan fingerprint density at radius 3 is 1.12 bits per heavy atom. The van der Waals surface area contributed by atoms with Crippen LogP contribution in [0.3, 0.4) is 0 Å². The summed E-state index contributed by atoms with van der Waals surface area (Å²) in [6.45, 7) is 0. The lowest BCUT2D eigenvalue weighted by molar-refractivity contribution is 0.792. The van der Waals surface area contributed by atoms with Crippen molar-refractivity contribution >= 4 is 43.6 Å². The number of rotatable bonds is 7. The average molecular weight is 1030 g/mol. The molecule has 15 aromatic rings. The lowest BCUT2D eigenvalue weighted by atomic mass is 9.70. The summed E-state index contributed by atoms with van der Waals surface area (Å²) < 4.78 is 4.75. The zero-order valence-electron chi connectivity index (χ0n) is 43.5. The third-order valence-corrected chi connectivity index (χ3v) is 16.6. The zero-order valence-corrected chi connectivity index (χ0v) is 43.5. The van der Waals surface area contributed by atoms with Crippen LogP contribution in [0.2, 0.25) is 0 Å². The summed E-state index contributed by atoms with van der Waals surface area (Å²) in [5, 5.41) is 4.49. The Labute approximate surface area is 465 Å². The molecular formula is C73H44N8. The van der Waals surface area contributed by atoms with Crippen LogP contribution in [0.5, 0.6) is 0 Å². The number of nitrogens with zero attached hydrogens (tertiary/aromatic N) is 8. The lowest BCUT2D eigenvalue weighted by Crippen LogP contribution is -2.26. The van der Waals surface area contributed by atoms with Gasteiger partial charge in [0.05, 0.1) is 27.5 Å². The molecule has 2 aliphatic rings. The minimum atomic E-state index is -0.697. The topological polar surface area (TPSA) is 87.2 Å². The van der Waals surface area contributed by atoms with E-state index < -0.39 is 5.41 Å². The molecule has 1 spiro atoms. The van der Waals surface area contributed by atoms with Crippen LogP contribution in [0.25, 0.3) is 134 Å². The maximum Gasteiger partial charge on any atom is 0.238 e. The third-order valence-electron chi connectivity index (χ3n) is 16.6. The third kappa shape index (κ3) is 6.65. The van der Waals surface area contributed by atoms with E-state index in [1.165, 1.54) is 44.5 Å². The molecule has 11 aromatic carbocycles. The van der Waals surface area contributed by atoms with Crippen molar-refractivity contribution in [3.63, 3.8) is 0 Å². The van der Waals surface area contributed by atoms with Gasteiger partial charge in [-0.2, -0.15) is 9.97 Å². The second-order valence-electron chi connectivity index (χ2n) is 20.9. The van der Waals surface area contributed by atoms with Crippen molar-refractivity contribution < 1.29 is 0 Å². The highest BCUT2D eigenvalue weighted by Gasteiger charge is 2.52. The molecule has 81 heavy (non-hydrogen) atoms. The van der Waals surface area contributed by atoms with E-state index in [2.05, 4.69) is 203 Å². The summed E-state index contributed by atoms with van der Waals surface area (Å²) in [5.41, 5.74) is 18.8. The molecule has 1 unspecified atom stereocenters. The van der Waals surface area contributed by atoms with Crippen LogP contribution >= 0.6 is 0 Å². The number of fused-ring (bicyclic) bond motifs is 17. The van der Waals surface area contributed by atoms with Gasteiger partial charge in [-0.25, -0.2) is 19.9 Å². The highest BCUT2D eigenvalue weighted by Crippen LogP contribution is 2.63. The molecule has 0 saturated carbocycles. The van der Waals surface area contributed by atoms with Crippen molar-refractivity contribution in [3.8, 4) is 90.8 Å². The Bertz CT molecular complexity index is 4920. The van der Waals surface area contributed by atoms with Crippen LogP contribution in [0, 0.1) is 0 Å². The van der Waals surface area contributed by atoms with Gasteiger partial charge in [0, 0.05) is 55.0 Å². The van der Waals surface area contributed by atoms with Crippen LogP contribution in [0.4, 0.5) is 0 Å². The van der Waals surface area contributed by atoms with Crippen LogP contribution < -0.4 is 0 Å². The Hall–Kier alpha value is -11.0. The molecular weight excluding hydrogens is 989 g/mol. The summed E-state index contributed by atoms with van der Waals surface area (Å²) in [5.74, 6) is 3.62.